The van der Waals surface area contributed by atoms with Gasteiger partial charge in [0.1, 0.15) is 5.75 Å². The molecule has 0 aliphatic heterocycles. The summed E-state index contributed by atoms with van der Waals surface area (Å²) in [6, 6.07) is 13.4. The number of carbonyl (C=O) groups is 1. The quantitative estimate of drug-likeness (QED) is 0.861. The lowest BCUT2D eigenvalue weighted by Gasteiger charge is -2.05. The molecule has 0 aromatic heterocycles. The number of rotatable bonds is 4. The van der Waals surface area contributed by atoms with Gasteiger partial charge in [-0.1, -0.05) is 18.2 Å². The summed E-state index contributed by atoms with van der Waals surface area (Å²) in [5.41, 5.74) is 4.13. The molecular formula is C18H19NO2. The van der Waals surface area contributed by atoms with Crippen LogP contribution < -0.4 is 10.1 Å². The third kappa shape index (κ3) is 4.21. The molecule has 2 aromatic carbocycles. The average molecular weight is 281 g/mol. The van der Waals surface area contributed by atoms with Gasteiger partial charge in [-0.15, -0.1) is 0 Å². The Hall–Kier alpha value is -2.55. The highest BCUT2D eigenvalue weighted by molar-refractivity contribution is 6.01. The number of anilines is 1. The standard InChI is InChI=1S/C18H19NO2/c1-13-4-8-16(12-14(13)2)19-18(20)11-7-15-5-9-17(21-3)10-6-15/h4-12H,1-3H3,(H,19,20). The lowest BCUT2D eigenvalue weighted by Crippen LogP contribution is -2.07. The van der Waals surface area contributed by atoms with Crippen molar-refractivity contribution < 1.29 is 9.53 Å². The summed E-state index contributed by atoms with van der Waals surface area (Å²) in [4.78, 5) is 11.9. The molecule has 0 saturated carbocycles. The van der Waals surface area contributed by atoms with Crippen molar-refractivity contribution in [2.24, 2.45) is 0 Å². The zero-order valence-corrected chi connectivity index (χ0v) is 12.5. The third-order valence-corrected chi connectivity index (χ3v) is 3.32. The van der Waals surface area contributed by atoms with Gasteiger partial charge in [-0.2, -0.15) is 0 Å². The number of nitrogens with one attached hydrogen (secondary N) is 1. The second-order valence-corrected chi connectivity index (χ2v) is 4.89. The zero-order chi connectivity index (χ0) is 15.2. The number of benzene rings is 2. The minimum atomic E-state index is -0.144. The van der Waals surface area contributed by atoms with E-state index in [0.717, 1.165) is 22.6 Å². The van der Waals surface area contributed by atoms with Gasteiger partial charge in [0, 0.05) is 11.8 Å². The van der Waals surface area contributed by atoms with Crippen molar-refractivity contribution in [2.75, 3.05) is 12.4 Å². The van der Waals surface area contributed by atoms with Crippen LogP contribution in [0.3, 0.4) is 0 Å². The van der Waals surface area contributed by atoms with Gasteiger partial charge < -0.3 is 10.1 Å². The van der Waals surface area contributed by atoms with E-state index in [9.17, 15) is 4.79 Å². The average Bonchev–Trinajstić information content (AvgIpc) is 2.49. The second-order valence-electron chi connectivity index (χ2n) is 4.89. The van der Waals surface area contributed by atoms with E-state index >= 15 is 0 Å². The molecule has 0 bridgehead atoms. The van der Waals surface area contributed by atoms with Gasteiger partial charge in [-0.3, -0.25) is 4.79 Å². The lowest BCUT2D eigenvalue weighted by molar-refractivity contribution is -0.111. The van der Waals surface area contributed by atoms with E-state index in [0.29, 0.717) is 0 Å². The fourth-order valence-corrected chi connectivity index (χ4v) is 1.89. The smallest absolute Gasteiger partial charge is 0.248 e. The maximum absolute atomic E-state index is 11.9. The molecule has 108 valence electrons. The predicted octanol–water partition coefficient (Wildman–Crippen LogP) is 3.96. The lowest BCUT2D eigenvalue weighted by atomic mass is 10.1. The van der Waals surface area contributed by atoms with Crippen LogP contribution in [0.1, 0.15) is 16.7 Å². The number of amides is 1. The van der Waals surface area contributed by atoms with Crippen molar-refractivity contribution in [3.63, 3.8) is 0 Å². The molecular weight excluding hydrogens is 262 g/mol. The van der Waals surface area contributed by atoms with Crippen molar-refractivity contribution in [1.82, 2.24) is 0 Å². The van der Waals surface area contributed by atoms with Crippen molar-refractivity contribution in [1.29, 1.82) is 0 Å². The minimum absolute atomic E-state index is 0.144. The van der Waals surface area contributed by atoms with E-state index in [1.807, 2.05) is 56.3 Å². The summed E-state index contributed by atoms with van der Waals surface area (Å²) in [5, 5.41) is 2.85. The number of carbonyl (C=O) groups excluding carboxylic acids is 1. The maximum atomic E-state index is 11.9. The first kappa shape index (κ1) is 14.9. The Morgan fingerprint density at radius 2 is 1.76 bits per heavy atom. The van der Waals surface area contributed by atoms with Crippen molar-refractivity contribution in [2.45, 2.75) is 13.8 Å². The van der Waals surface area contributed by atoms with Crippen LogP contribution in [-0.2, 0) is 4.79 Å². The van der Waals surface area contributed by atoms with Crippen molar-refractivity contribution >= 4 is 17.7 Å². The van der Waals surface area contributed by atoms with E-state index in [1.165, 1.54) is 11.6 Å². The zero-order valence-electron chi connectivity index (χ0n) is 12.5. The van der Waals surface area contributed by atoms with Gasteiger partial charge in [0.2, 0.25) is 5.91 Å². The molecule has 0 unspecified atom stereocenters. The molecule has 0 atom stereocenters. The highest BCUT2D eigenvalue weighted by Gasteiger charge is 2.00. The van der Waals surface area contributed by atoms with Crippen molar-refractivity contribution in [3.05, 3.63) is 65.2 Å². The van der Waals surface area contributed by atoms with Crippen molar-refractivity contribution in [3.8, 4) is 5.75 Å². The van der Waals surface area contributed by atoms with Crippen LogP contribution in [0.5, 0.6) is 5.75 Å². The number of aryl methyl sites for hydroxylation is 2. The Labute approximate surface area is 125 Å². The Balaban J connectivity index is 1.99. The summed E-state index contributed by atoms with van der Waals surface area (Å²) in [7, 11) is 1.63. The fraction of sp³-hybridized carbons (Fsp3) is 0.167. The summed E-state index contributed by atoms with van der Waals surface area (Å²) in [6.07, 6.45) is 3.30. The molecule has 0 aliphatic rings. The fourth-order valence-electron chi connectivity index (χ4n) is 1.89. The largest absolute Gasteiger partial charge is 0.497 e. The van der Waals surface area contributed by atoms with Crippen LogP contribution in [0.4, 0.5) is 5.69 Å². The van der Waals surface area contributed by atoms with E-state index in [-0.39, 0.29) is 5.91 Å². The Morgan fingerprint density at radius 1 is 1.05 bits per heavy atom. The van der Waals surface area contributed by atoms with E-state index in [2.05, 4.69) is 5.32 Å². The van der Waals surface area contributed by atoms with Gasteiger partial charge >= 0.3 is 0 Å². The van der Waals surface area contributed by atoms with Gasteiger partial charge in [0.25, 0.3) is 0 Å². The molecule has 3 heteroatoms. The SMILES string of the molecule is COc1ccc(C=CC(=O)Nc2ccc(C)c(C)c2)cc1. The van der Waals surface area contributed by atoms with E-state index in [1.54, 1.807) is 13.2 Å². The number of hydrogen-bond donors (Lipinski definition) is 1. The summed E-state index contributed by atoms with van der Waals surface area (Å²) in [5.74, 6) is 0.654. The highest BCUT2D eigenvalue weighted by atomic mass is 16.5. The van der Waals surface area contributed by atoms with Gasteiger partial charge in [-0.25, -0.2) is 0 Å². The number of ether oxygens (including phenoxy) is 1. The van der Waals surface area contributed by atoms with E-state index in [4.69, 9.17) is 4.74 Å². The monoisotopic (exact) mass is 281 g/mol. The van der Waals surface area contributed by atoms with Crippen LogP contribution in [0, 0.1) is 13.8 Å². The molecule has 3 nitrogen and oxygen atoms in total. The van der Waals surface area contributed by atoms with Gasteiger partial charge in [0.15, 0.2) is 0 Å². The Morgan fingerprint density at radius 3 is 2.38 bits per heavy atom. The molecule has 21 heavy (non-hydrogen) atoms. The molecule has 0 saturated heterocycles. The summed E-state index contributed by atoms with van der Waals surface area (Å²) in [6.45, 7) is 4.07. The Bertz CT molecular complexity index is 657. The maximum Gasteiger partial charge on any atom is 0.248 e. The number of hydrogen-bond acceptors (Lipinski definition) is 2. The summed E-state index contributed by atoms with van der Waals surface area (Å²) < 4.78 is 5.09. The molecule has 2 rings (SSSR count). The van der Waals surface area contributed by atoms with Gasteiger partial charge in [-0.05, 0) is 60.9 Å². The van der Waals surface area contributed by atoms with Gasteiger partial charge in [0.05, 0.1) is 7.11 Å². The third-order valence-electron chi connectivity index (χ3n) is 3.32. The van der Waals surface area contributed by atoms with Crippen LogP contribution in [0.15, 0.2) is 48.5 Å². The van der Waals surface area contributed by atoms with Crippen LogP contribution >= 0.6 is 0 Å². The molecule has 2 aromatic rings. The molecule has 1 amide bonds. The predicted molar refractivity (Wildman–Crippen MR) is 86.6 cm³/mol. The first-order chi connectivity index (χ1) is 10.1. The topological polar surface area (TPSA) is 38.3 Å². The minimum Gasteiger partial charge on any atom is -0.497 e. The van der Waals surface area contributed by atoms with Crippen LogP contribution in [0.25, 0.3) is 6.08 Å². The first-order valence-electron chi connectivity index (χ1n) is 6.79. The molecule has 0 spiro atoms. The molecule has 0 aliphatic carbocycles. The first-order valence-corrected chi connectivity index (χ1v) is 6.79. The van der Waals surface area contributed by atoms with E-state index < -0.39 is 0 Å². The molecule has 0 heterocycles. The Kier molecular flexibility index (Phi) is 4.77. The number of methoxy groups -OCH3 is 1. The molecule has 0 radical (unpaired) electrons. The molecule has 0 fully saturated rings. The van der Waals surface area contributed by atoms with Crippen LogP contribution in [-0.4, -0.2) is 13.0 Å². The summed E-state index contributed by atoms with van der Waals surface area (Å²) >= 11 is 0. The molecule has 1 N–H and O–H groups in total. The van der Waals surface area contributed by atoms with Crippen LogP contribution in [0.2, 0.25) is 0 Å². The highest BCUT2D eigenvalue weighted by Crippen LogP contribution is 2.15. The normalized spacial score (nSPS) is 10.6. The second kappa shape index (κ2) is 6.75.